The monoisotopic (exact) mass is 339 g/mol. The number of aryl methyl sites for hydroxylation is 1. The Morgan fingerprint density at radius 3 is 2.45 bits per heavy atom. The van der Waals surface area contributed by atoms with Gasteiger partial charge in [-0.05, 0) is 49.2 Å². The van der Waals surface area contributed by atoms with Crippen molar-refractivity contribution in [2.45, 2.75) is 25.2 Å². The number of hydrogen-bond donors (Lipinski definition) is 1. The fraction of sp³-hybridized carbons (Fsp3) is 0.250. The summed E-state index contributed by atoms with van der Waals surface area (Å²) in [5.41, 5.74) is 0.966. The maximum atomic E-state index is 12.9. The van der Waals surface area contributed by atoms with Crippen LogP contribution in [0.25, 0.3) is 0 Å². The van der Waals surface area contributed by atoms with Gasteiger partial charge in [0.15, 0.2) is 0 Å². The van der Waals surface area contributed by atoms with Crippen molar-refractivity contribution in [2.24, 2.45) is 0 Å². The molecule has 1 N–H and O–H groups in total. The van der Waals surface area contributed by atoms with Gasteiger partial charge in [0, 0.05) is 6.54 Å². The minimum atomic E-state index is -3.74. The van der Waals surface area contributed by atoms with Crippen molar-refractivity contribution in [3.8, 4) is 5.75 Å². The first kappa shape index (κ1) is 16.6. The van der Waals surface area contributed by atoms with E-state index in [9.17, 15) is 13.5 Å². The van der Waals surface area contributed by atoms with Gasteiger partial charge in [0.1, 0.15) is 5.75 Å². The molecule has 0 amide bonds. The maximum absolute atomic E-state index is 12.9. The smallest absolute Gasteiger partial charge is 0.264 e. The Morgan fingerprint density at radius 2 is 1.86 bits per heavy atom. The summed E-state index contributed by atoms with van der Waals surface area (Å²) in [5, 5.41) is 9.97. The second kappa shape index (κ2) is 6.58. The van der Waals surface area contributed by atoms with E-state index in [1.54, 1.807) is 31.2 Å². The molecule has 0 fully saturated rings. The summed E-state index contributed by atoms with van der Waals surface area (Å²) in [4.78, 5) is 0.135. The zero-order chi connectivity index (χ0) is 16.3. The summed E-state index contributed by atoms with van der Waals surface area (Å²) in [6, 6.07) is 11.1. The third kappa shape index (κ3) is 3.20. The first-order valence-electron chi connectivity index (χ1n) is 6.94. The average Bonchev–Trinajstić information content (AvgIpc) is 2.48. The number of hydrogen-bond acceptors (Lipinski definition) is 3. The molecule has 0 heterocycles. The molecule has 4 nitrogen and oxygen atoms in total. The van der Waals surface area contributed by atoms with Crippen molar-refractivity contribution < 1.29 is 13.5 Å². The van der Waals surface area contributed by atoms with Gasteiger partial charge in [0.05, 0.1) is 15.6 Å². The molecule has 118 valence electrons. The summed E-state index contributed by atoms with van der Waals surface area (Å²) in [7, 11) is -3.74. The minimum Gasteiger partial charge on any atom is -0.508 e. The van der Waals surface area contributed by atoms with Crippen LogP contribution in [0.3, 0.4) is 0 Å². The van der Waals surface area contributed by atoms with Crippen LogP contribution in [0.4, 0.5) is 5.69 Å². The lowest BCUT2D eigenvalue weighted by atomic mass is 10.2. The molecule has 2 aromatic rings. The number of para-hydroxylation sites is 1. The van der Waals surface area contributed by atoms with E-state index in [1.165, 1.54) is 22.5 Å². The maximum Gasteiger partial charge on any atom is 0.264 e. The largest absolute Gasteiger partial charge is 0.508 e. The van der Waals surface area contributed by atoms with E-state index in [2.05, 4.69) is 0 Å². The molecule has 2 rings (SSSR count). The van der Waals surface area contributed by atoms with E-state index >= 15 is 0 Å². The van der Waals surface area contributed by atoms with Crippen molar-refractivity contribution in [3.05, 3.63) is 53.1 Å². The van der Waals surface area contributed by atoms with Crippen LogP contribution in [-0.4, -0.2) is 20.1 Å². The van der Waals surface area contributed by atoms with Crippen molar-refractivity contribution in [1.82, 2.24) is 0 Å². The van der Waals surface area contributed by atoms with Crippen LogP contribution in [0, 0.1) is 6.92 Å². The third-order valence-corrected chi connectivity index (χ3v) is 5.43. The van der Waals surface area contributed by atoms with E-state index in [0.29, 0.717) is 29.2 Å². The molecule has 0 atom stereocenters. The summed E-state index contributed by atoms with van der Waals surface area (Å²) in [6.45, 7) is 3.89. The quantitative estimate of drug-likeness (QED) is 0.897. The molecule has 0 radical (unpaired) electrons. The Hall–Kier alpha value is -1.72. The Bertz CT molecular complexity index is 775. The normalized spacial score (nSPS) is 11.4. The van der Waals surface area contributed by atoms with Crippen molar-refractivity contribution in [3.63, 3.8) is 0 Å². The van der Waals surface area contributed by atoms with Crippen molar-refractivity contribution >= 4 is 27.3 Å². The summed E-state index contributed by atoms with van der Waals surface area (Å²) in [6.07, 6.45) is 0.654. The summed E-state index contributed by atoms with van der Waals surface area (Å²) < 4.78 is 27.2. The molecule has 0 saturated heterocycles. The zero-order valence-electron chi connectivity index (χ0n) is 12.5. The Labute approximate surface area is 136 Å². The molecular formula is C16H18ClNO3S. The minimum absolute atomic E-state index is 0.0683. The lowest BCUT2D eigenvalue weighted by Crippen LogP contribution is -2.32. The number of halogens is 1. The number of anilines is 1. The number of aromatic hydroxyl groups is 1. The molecule has 0 saturated carbocycles. The molecule has 2 aromatic carbocycles. The first-order chi connectivity index (χ1) is 10.4. The van der Waals surface area contributed by atoms with E-state index in [1.807, 2.05) is 6.92 Å². The predicted octanol–water partition coefficient (Wildman–Crippen LogP) is 3.96. The number of sulfonamides is 1. The first-order valence-corrected chi connectivity index (χ1v) is 8.76. The van der Waals surface area contributed by atoms with Gasteiger partial charge >= 0.3 is 0 Å². The number of benzene rings is 2. The molecule has 0 aliphatic carbocycles. The van der Waals surface area contributed by atoms with Crippen LogP contribution in [0.5, 0.6) is 5.75 Å². The van der Waals surface area contributed by atoms with E-state index in [0.717, 1.165) is 0 Å². The Balaban J connectivity index is 2.55. The van der Waals surface area contributed by atoms with Crippen LogP contribution in [0.1, 0.15) is 18.9 Å². The van der Waals surface area contributed by atoms with E-state index in [4.69, 9.17) is 11.6 Å². The van der Waals surface area contributed by atoms with Crippen LogP contribution >= 0.6 is 11.6 Å². The van der Waals surface area contributed by atoms with Gasteiger partial charge < -0.3 is 5.11 Å². The fourth-order valence-electron chi connectivity index (χ4n) is 2.14. The van der Waals surface area contributed by atoms with Crippen LogP contribution in [0.15, 0.2) is 47.4 Å². The van der Waals surface area contributed by atoms with Crippen LogP contribution in [0.2, 0.25) is 5.02 Å². The molecule has 0 bridgehead atoms. The number of phenolic OH excluding ortho intramolecular Hbond substituents is 1. The topological polar surface area (TPSA) is 57.6 Å². The second-order valence-corrected chi connectivity index (χ2v) is 7.25. The third-order valence-electron chi connectivity index (χ3n) is 3.30. The number of rotatable bonds is 5. The van der Waals surface area contributed by atoms with Crippen molar-refractivity contribution in [2.75, 3.05) is 10.8 Å². The predicted molar refractivity (Wildman–Crippen MR) is 89.1 cm³/mol. The molecule has 0 spiro atoms. The van der Waals surface area contributed by atoms with Gasteiger partial charge in [-0.25, -0.2) is 8.42 Å². The van der Waals surface area contributed by atoms with Gasteiger partial charge in [0.25, 0.3) is 10.0 Å². The van der Waals surface area contributed by atoms with Crippen LogP contribution < -0.4 is 4.31 Å². The molecular weight excluding hydrogens is 322 g/mol. The lowest BCUT2D eigenvalue weighted by molar-refractivity contribution is 0.470. The molecule has 0 unspecified atom stereocenters. The standard InChI is InChI=1S/C16H18ClNO3S/c1-3-10-18(15-7-5-4-6-14(15)17)22(20,21)13-8-9-16(19)12(2)11-13/h4-9,11,19H,3,10H2,1-2H3. The summed E-state index contributed by atoms with van der Waals surface area (Å²) >= 11 is 6.16. The van der Waals surface area contributed by atoms with Gasteiger partial charge in [-0.15, -0.1) is 0 Å². The highest BCUT2D eigenvalue weighted by molar-refractivity contribution is 7.92. The highest BCUT2D eigenvalue weighted by atomic mass is 35.5. The molecule has 22 heavy (non-hydrogen) atoms. The highest BCUT2D eigenvalue weighted by Gasteiger charge is 2.26. The Kier molecular flexibility index (Phi) is 4.98. The highest BCUT2D eigenvalue weighted by Crippen LogP contribution is 2.31. The number of nitrogens with zero attached hydrogens (tertiary/aromatic N) is 1. The van der Waals surface area contributed by atoms with Gasteiger partial charge in [-0.1, -0.05) is 30.7 Å². The Morgan fingerprint density at radius 1 is 1.18 bits per heavy atom. The molecule has 0 aliphatic rings. The molecule has 0 aliphatic heterocycles. The number of phenols is 1. The van der Waals surface area contributed by atoms with Gasteiger partial charge in [-0.2, -0.15) is 0 Å². The van der Waals surface area contributed by atoms with Crippen LogP contribution in [-0.2, 0) is 10.0 Å². The zero-order valence-corrected chi connectivity index (χ0v) is 14.0. The van der Waals surface area contributed by atoms with Gasteiger partial charge in [-0.3, -0.25) is 4.31 Å². The van der Waals surface area contributed by atoms with E-state index in [-0.39, 0.29) is 10.6 Å². The molecule has 0 aromatic heterocycles. The second-order valence-electron chi connectivity index (χ2n) is 4.98. The van der Waals surface area contributed by atoms with Crippen molar-refractivity contribution in [1.29, 1.82) is 0 Å². The lowest BCUT2D eigenvalue weighted by Gasteiger charge is -2.25. The van der Waals surface area contributed by atoms with Gasteiger partial charge in [0.2, 0.25) is 0 Å². The summed E-state index contributed by atoms with van der Waals surface area (Å²) in [5.74, 6) is 0.0683. The fourth-order valence-corrected chi connectivity index (χ4v) is 4.09. The average molecular weight is 340 g/mol. The SMILES string of the molecule is CCCN(c1ccccc1Cl)S(=O)(=O)c1ccc(O)c(C)c1. The van der Waals surface area contributed by atoms with E-state index < -0.39 is 10.0 Å². The molecule has 6 heteroatoms.